The van der Waals surface area contributed by atoms with Crippen molar-refractivity contribution in [3.8, 4) is 5.75 Å². The van der Waals surface area contributed by atoms with E-state index in [0.29, 0.717) is 17.0 Å². The topological polar surface area (TPSA) is 60.8 Å². The predicted molar refractivity (Wildman–Crippen MR) is 94.7 cm³/mol. The summed E-state index contributed by atoms with van der Waals surface area (Å²) in [6, 6.07) is 20.0. The van der Waals surface area contributed by atoms with Crippen molar-refractivity contribution < 1.29 is 14.4 Å². The van der Waals surface area contributed by atoms with Crippen LogP contribution in [-0.4, -0.2) is 23.8 Å². The Morgan fingerprint density at radius 2 is 1.52 bits per heavy atom. The number of oxime groups is 1. The monoisotopic (exact) mass is 332 g/mol. The van der Waals surface area contributed by atoms with Crippen LogP contribution in [0.3, 0.4) is 0 Å². The summed E-state index contributed by atoms with van der Waals surface area (Å²) < 4.78 is 5.18. The molecule has 1 aromatic heterocycles. The van der Waals surface area contributed by atoms with E-state index in [1.54, 1.807) is 36.7 Å². The first kappa shape index (κ1) is 16.4. The zero-order valence-electron chi connectivity index (χ0n) is 13.6. The fourth-order valence-electron chi connectivity index (χ4n) is 2.33. The van der Waals surface area contributed by atoms with Crippen LogP contribution in [0, 0.1) is 0 Å². The molecule has 124 valence electrons. The quantitative estimate of drug-likeness (QED) is 0.406. The number of pyridine rings is 1. The fourth-order valence-corrected chi connectivity index (χ4v) is 2.33. The predicted octanol–water partition coefficient (Wildman–Crippen LogP) is 3.70. The first-order valence-corrected chi connectivity index (χ1v) is 7.68. The van der Waals surface area contributed by atoms with E-state index in [4.69, 9.17) is 9.57 Å². The fraction of sp³-hybridized carbons (Fsp3) is 0.0500. The van der Waals surface area contributed by atoms with Crippen molar-refractivity contribution >= 4 is 11.7 Å². The van der Waals surface area contributed by atoms with Gasteiger partial charge in [-0.1, -0.05) is 47.6 Å². The minimum Gasteiger partial charge on any atom is -0.496 e. The Morgan fingerprint density at radius 1 is 0.880 bits per heavy atom. The molecular weight excluding hydrogens is 316 g/mol. The maximum absolute atomic E-state index is 12.4. The summed E-state index contributed by atoms with van der Waals surface area (Å²) in [5.74, 6) is -0.146. The molecule has 0 aliphatic carbocycles. The third-order valence-electron chi connectivity index (χ3n) is 3.55. The van der Waals surface area contributed by atoms with E-state index in [1.165, 1.54) is 7.11 Å². The molecule has 0 aliphatic rings. The second-order valence-electron chi connectivity index (χ2n) is 5.12. The van der Waals surface area contributed by atoms with Gasteiger partial charge in [-0.2, -0.15) is 0 Å². The third-order valence-corrected chi connectivity index (χ3v) is 3.55. The Hall–Kier alpha value is -3.47. The number of aromatic nitrogens is 1. The highest BCUT2D eigenvalue weighted by atomic mass is 16.7. The van der Waals surface area contributed by atoms with Crippen LogP contribution >= 0.6 is 0 Å². The molecule has 2 aromatic carbocycles. The molecule has 3 rings (SSSR count). The molecule has 0 saturated heterocycles. The lowest BCUT2D eigenvalue weighted by Gasteiger charge is -2.08. The maximum atomic E-state index is 12.4. The van der Waals surface area contributed by atoms with Gasteiger partial charge in [-0.3, -0.25) is 4.98 Å². The highest BCUT2D eigenvalue weighted by Crippen LogP contribution is 2.19. The molecule has 0 radical (unpaired) electrons. The Morgan fingerprint density at radius 3 is 2.24 bits per heavy atom. The van der Waals surface area contributed by atoms with Gasteiger partial charge in [-0.25, -0.2) is 4.79 Å². The van der Waals surface area contributed by atoms with E-state index in [2.05, 4.69) is 10.1 Å². The third kappa shape index (κ3) is 3.90. The first-order chi connectivity index (χ1) is 12.3. The molecule has 5 nitrogen and oxygen atoms in total. The number of ether oxygens (including phenoxy) is 1. The zero-order chi connectivity index (χ0) is 17.5. The van der Waals surface area contributed by atoms with Gasteiger partial charge in [0.05, 0.1) is 7.11 Å². The average molecular weight is 332 g/mol. The summed E-state index contributed by atoms with van der Waals surface area (Å²) in [5.41, 5.74) is 2.50. The molecule has 1 heterocycles. The van der Waals surface area contributed by atoms with E-state index < -0.39 is 5.97 Å². The number of carbonyl (C=O) groups excluding carboxylic acids is 1. The summed E-state index contributed by atoms with van der Waals surface area (Å²) in [4.78, 5) is 21.6. The highest BCUT2D eigenvalue weighted by Gasteiger charge is 2.15. The summed E-state index contributed by atoms with van der Waals surface area (Å²) >= 11 is 0. The van der Waals surface area contributed by atoms with Crippen molar-refractivity contribution in [3.05, 3.63) is 95.8 Å². The largest absolute Gasteiger partial charge is 0.496 e. The number of nitrogens with zero attached hydrogens (tertiary/aromatic N) is 2. The van der Waals surface area contributed by atoms with Crippen LogP contribution in [0.25, 0.3) is 0 Å². The summed E-state index contributed by atoms with van der Waals surface area (Å²) in [5, 5.41) is 4.10. The molecule has 0 spiro atoms. The molecule has 0 atom stereocenters. The lowest BCUT2D eigenvalue weighted by atomic mass is 10.0. The lowest BCUT2D eigenvalue weighted by Crippen LogP contribution is -2.08. The number of methoxy groups -OCH3 is 1. The van der Waals surface area contributed by atoms with E-state index in [-0.39, 0.29) is 0 Å². The highest BCUT2D eigenvalue weighted by molar-refractivity contribution is 6.12. The van der Waals surface area contributed by atoms with Gasteiger partial charge in [-0.05, 0) is 24.3 Å². The number of hydrogen-bond acceptors (Lipinski definition) is 5. The Balaban J connectivity index is 1.93. The molecule has 0 bridgehead atoms. The molecule has 0 amide bonds. The Kier molecular flexibility index (Phi) is 5.16. The van der Waals surface area contributed by atoms with Crippen LogP contribution in [0.15, 0.2) is 84.3 Å². The second-order valence-corrected chi connectivity index (χ2v) is 5.12. The number of rotatable bonds is 5. The molecule has 0 fully saturated rings. The van der Waals surface area contributed by atoms with Crippen molar-refractivity contribution in [1.29, 1.82) is 0 Å². The normalized spacial score (nSPS) is 11.0. The minimum absolute atomic E-state index is 0.316. The van der Waals surface area contributed by atoms with Crippen LogP contribution in [0.1, 0.15) is 21.5 Å². The van der Waals surface area contributed by atoms with Crippen molar-refractivity contribution in [2.75, 3.05) is 7.11 Å². The second kappa shape index (κ2) is 7.88. The Labute approximate surface area is 145 Å². The van der Waals surface area contributed by atoms with Crippen LogP contribution in [-0.2, 0) is 4.84 Å². The van der Waals surface area contributed by atoms with E-state index in [9.17, 15) is 4.79 Å². The summed E-state index contributed by atoms with van der Waals surface area (Å²) in [7, 11) is 1.50. The molecule has 3 aromatic rings. The summed E-state index contributed by atoms with van der Waals surface area (Å²) in [6.07, 6.45) is 3.33. The standard InChI is InChI=1S/C20H16N2O3/c1-24-18-10-6-5-9-17(18)20(23)25-22-19(15-7-3-2-4-8-15)16-11-13-21-14-12-16/h2-14H,1H3/b22-19-. The molecule has 0 N–H and O–H groups in total. The van der Waals surface area contributed by atoms with Gasteiger partial charge in [0.15, 0.2) is 0 Å². The van der Waals surface area contributed by atoms with Crippen molar-refractivity contribution in [2.24, 2.45) is 5.16 Å². The van der Waals surface area contributed by atoms with Crippen molar-refractivity contribution in [3.63, 3.8) is 0 Å². The molecule has 0 aliphatic heterocycles. The van der Waals surface area contributed by atoms with Gasteiger partial charge >= 0.3 is 5.97 Å². The molecule has 5 heteroatoms. The van der Waals surface area contributed by atoms with E-state index in [0.717, 1.165) is 11.1 Å². The first-order valence-electron chi connectivity index (χ1n) is 7.68. The number of hydrogen-bond donors (Lipinski definition) is 0. The van der Waals surface area contributed by atoms with Crippen LogP contribution < -0.4 is 4.74 Å². The molecule has 0 saturated carbocycles. The van der Waals surface area contributed by atoms with Gasteiger partial charge in [0.25, 0.3) is 0 Å². The lowest BCUT2D eigenvalue weighted by molar-refractivity contribution is 0.0513. The van der Waals surface area contributed by atoms with Gasteiger partial charge < -0.3 is 9.57 Å². The summed E-state index contributed by atoms with van der Waals surface area (Å²) in [6.45, 7) is 0. The van der Waals surface area contributed by atoms with Crippen molar-refractivity contribution in [1.82, 2.24) is 4.98 Å². The van der Waals surface area contributed by atoms with Crippen LogP contribution in [0.5, 0.6) is 5.75 Å². The van der Waals surface area contributed by atoms with E-state index >= 15 is 0 Å². The van der Waals surface area contributed by atoms with E-state index in [1.807, 2.05) is 42.5 Å². The van der Waals surface area contributed by atoms with Crippen LogP contribution in [0.4, 0.5) is 0 Å². The number of para-hydroxylation sites is 1. The molecule has 0 unspecified atom stereocenters. The smallest absolute Gasteiger partial charge is 0.369 e. The maximum Gasteiger partial charge on any atom is 0.369 e. The SMILES string of the molecule is COc1ccccc1C(=O)O/N=C(/c1ccccc1)c1ccncc1. The zero-order valence-corrected chi connectivity index (χ0v) is 13.6. The number of benzene rings is 2. The average Bonchev–Trinajstić information content (AvgIpc) is 2.69. The number of carbonyl (C=O) groups is 1. The molecule has 25 heavy (non-hydrogen) atoms. The van der Waals surface area contributed by atoms with Crippen LogP contribution in [0.2, 0.25) is 0 Å². The van der Waals surface area contributed by atoms with Gasteiger partial charge in [0.2, 0.25) is 0 Å². The Bertz CT molecular complexity index is 836. The van der Waals surface area contributed by atoms with Crippen molar-refractivity contribution in [2.45, 2.75) is 0 Å². The van der Waals surface area contributed by atoms with Gasteiger partial charge in [-0.15, -0.1) is 0 Å². The molecular formula is C20H16N2O3. The van der Waals surface area contributed by atoms with Gasteiger partial charge in [0, 0.05) is 23.5 Å². The minimum atomic E-state index is -0.583. The van der Waals surface area contributed by atoms with Gasteiger partial charge in [0.1, 0.15) is 17.0 Å².